The van der Waals surface area contributed by atoms with Gasteiger partial charge < -0.3 is 14.5 Å². The number of hydrogen-bond donors (Lipinski definition) is 0. The Morgan fingerprint density at radius 2 is 1.83 bits per heavy atom. The van der Waals surface area contributed by atoms with E-state index in [1.807, 2.05) is 60.3 Å². The molecule has 5 nitrogen and oxygen atoms in total. The third kappa shape index (κ3) is 5.48. The standard InChI is InChI=1S/C23H30FN3O2/c1-17-14-27(18(2)13-26(17)15-19-8-10-20(24)11-9-19)23(28)16-29-22-7-5-6-21(12-22)25(3)4/h5-12,17-18H,13-16H2,1-4H3/t17-,18+/m0/s1. The average molecular weight is 400 g/mol. The molecular weight excluding hydrogens is 369 g/mol. The molecule has 2 aromatic carbocycles. The molecule has 0 bridgehead atoms. The topological polar surface area (TPSA) is 36.0 Å². The first kappa shape index (κ1) is 21.1. The summed E-state index contributed by atoms with van der Waals surface area (Å²) in [4.78, 5) is 19.0. The van der Waals surface area contributed by atoms with Crippen LogP contribution >= 0.6 is 0 Å². The van der Waals surface area contributed by atoms with Gasteiger partial charge in [0, 0.05) is 57.6 Å². The molecule has 1 fully saturated rings. The average Bonchev–Trinajstić information content (AvgIpc) is 2.70. The van der Waals surface area contributed by atoms with Crippen LogP contribution in [0.1, 0.15) is 19.4 Å². The van der Waals surface area contributed by atoms with Crippen molar-refractivity contribution >= 4 is 11.6 Å². The maximum absolute atomic E-state index is 13.1. The molecule has 1 aliphatic rings. The molecule has 6 heteroatoms. The second-order valence-corrected chi connectivity index (χ2v) is 7.98. The molecule has 0 unspecified atom stereocenters. The molecule has 1 heterocycles. The predicted molar refractivity (Wildman–Crippen MR) is 114 cm³/mol. The molecule has 0 aromatic heterocycles. The third-order valence-electron chi connectivity index (χ3n) is 5.43. The van der Waals surface area contributed by atoms with Crippen molar-refractivity contribution in [3.63, 3.8) is 0 Å². The molecule has 3 rings (SSSR count). The van der Waals surface area contributed by atoms with Gasteiger partial charge in [-0.25, -0.2) is 4.39 Å². The Hall–Kier alpha value is -2.60. The van der Waals surface area contributed by atoms with Crippen LogP contribution in [0.3, 0.4) is 0 Å². The summed E-state index contributed by atoms with van der Waals surface area (Å²) >= 11 is 0. The van der Waals surface area contributed by atoms with E-state index in [-0.39, 0.29) is 30.4 Å². The van der Waals surface area contributed by atoms with Crippen LogP contribution in [0.5, 0.6) is 5.75 Å². The van der Waals surface area contributed by atoms with Crippen molar-refractivity contribution in [2.75, 3.05) is 38.7 Å². The third-order valence-corrected chi connectivity index (χ3v) is 5.43. The largest absolute Gasteiger partial charge is 0.484 e. The molecule has 1 amide bonds. The Morgan fingerprint density at radius 3 is 2.52 bits per heavy atom. The van der Waals surface area contributed by atoms with Crippen molar-refractivity contribution in [2.45, 2.75) is 32.5 Å². The van der Waals surface area contributed by atoms with E-state index in [1.54, 1.807) is 0 Å². The zero-order valence-electron chi connectivity index (χ0n) is 17.6. The lowest BCUT2D eigenvalue weighted by Crippen LogP contribution is -2.58. The van der Waals surface area contributed by atoms with Crippen LogP contribution in [0.25, 0.3) is 0 Å². The molecule has 29 heavy (non-hydrogen) atoms. The number of piperazine rings is 1. The minimum Gasteiger partial charge on any atom is -0.484 e. The van der Waals surface area contributed by atoms with Gasteiger partial charge in [-0.05, 0) is 43.7 Å². The zero-order valence-corrected chi connectivity index (χ0v) is 17.6. The molecule has 0 aliphatic carbocycles. The number of rotatable bonds is 6. The van der Waals surface area contributed by atoms with Crippen LogP contribution in [-0.4, -0.2) is 61.6 Å². The Balaban J connectivity index is 1.55. The highest BCUT2D eigenvalue weighted by Crippen LogP contribution is 2.21. The van der Waals surface area contributed by atoms with Gasteiger partial charge in [-0.15, -0.1) is 0 Å². The fourth-order valence-corrected chi connectivity index (χ4v) is 3.67. The van der Waals surface area contributed by atoms with Crippen molar-refractivity contribution in [1.29, 1.82) is 0 Å². The number of nitrogens with zero attached hydrogens (tertiary/aromatic N) is 3. The summed E-state index contributed by atoms with van der Waals surface area (Å²) in [7, 11) is 3.94. The SMILES string of the molecule is C[C@@H]1CN(Cc2ccc(F)cc2)[C@@H](C)CN1C(=O)COc1cccc(N(C)C)c1. The van der Waals surface area contributed by atoms with Crippen molar-refractivity contribution in [2.24, 2.45) is 0 Å². The molecule has 2 aromatic rings. The van der Waals surface area contributed by atoms with Gasteiger partial charge in [0.2, 0.25) is 0 Å². The second-order valence-electron chi connectivity index (χ2n) is 7.98. The first-order chi connectivity index (χ1) is 13.8. The van der Waals surface area contributed by atoms with E-state index in [9.17, 15) is 9.18 Å². The Labute approximate surface area is 172 Å². The minimum atomic E-state index is -0.221. The van der Waals surface area contributed by atoms with Crippen LogP contribution in [-0.2, 0) is 11.3 Å². The number of carbonyl (C=O) groups is 1. The van der Waals surface area contributed by atoms with Crippen molar-refractivity contribution in [3.05, 3.63) is 59.9 Å². The molecule has 1 saturated heterocycles. The first-order valence-corrected chi connectivity index (χ1v) is 10.0. The predicted octanol–water partition coefficient (Wildman–Crippen LogP) is 3.39. The van der Waals surface area contributed by atoms with E-state index < -0.39 is 0 Å². The van der Waals surface area contributed by atoms with E-state index >= 15 is 0 Å². The summed E-state index contributed by atoms with van der Waals surface area (Å²) in [6, 6.07) is 14.7. The lowest BCUT2D eigenvalue weighted by Gasteiger charge is -2.44. The zero-order chi connectivity index (χ0) is 21.0. The van der Waals surface area contributed by atoms with E-state index in [4.69, 9.17) is 4.74 Å². The van der Waals surface area contributed by atoms with E-state index in [0.29, 0.717) is 12.3 Å². The Kier molecular flexibility index (Phi) is 6.75. The molecular formula is C23H30FN3O2. The van der Waals surface area contributed by atoms with Crippen molar-refractivity contribution < 1.29 is 13.9 Å². The Bertz CT molecular complexity index is 825. The normalized spacial score (nSPS) is 19.8. The monoisotopic (exact) mass is 399 g/mol. The van der Waals surface area contributed by atoms with E-state index in [1.165, 1.54) is 12.1 Å². The number of benzene rings is 2. The lowest BCUT2D eigenvalue weighted by atomic mass is 10.1. The van der Waals surface area contributed by atoms with Gasteiger partial charge in [0.25, 0.3) is 5.91 Å². The van der Waals surface area contributed by atoms with Crippen molar-refractivity contribution in [3.8, 4) is 5.75 Å². The fraction of sp³-hybridized carbons (Fsp3) is 0.435. The molecule has 1 aliphatic heterocycles. The summed E-state index contributed by atoms with van der Waals surface area (Å²) in [5.41, 5.74) is 2.11. The van der Waals surface area contributed by atoms with E-state index in [2.05, 4.69) is 18.7 Å². The van der Waals surface area contributed by atoms with Gasteiger partial charge in [0.1, 0.15) is 11.6 Å². The molecule has 0 spiro atoms. The van der Waals surface area contributed by atoms with Gasteiger partial charge in [-0.1, -0.05) is 18.2 Å². The number of anilines is 1. The minimum absolute atomic E-state index is 0.000961. The number of ether oxygens (including phenoxy) is 1. The summed E-state index contributed by atoms with van der Waals surface area (Å²) in [6.45, 7) is 6.40. The van der Waals surface area contributed by atoms with Crippen LogP contribution in [0.2, 0.25) is 0 Å². The summed E-state index contributed by atoms with van der Waals surface area (Å²) in [5, 5.41) is 0. The molecule has 0 N–H and O–H groups in total. The van der Waals surface area contributed by atoms with Gasteiger partial charge in [0.05, 0.1) is 0 Å². The van der Waals surface area contributed by atoms with Crippen LogP contribution in [0.15, 0.2) is 48.5 Å². The van der Waals surface area contributed by atoms with Gasteiger partial charge in [0.15, 0.2) is 6.61 Å². The second kappa shape index (κ2) is 9.27. The number of hydrogen-bond acceptors (Lipinski definition) is 4. The Morgan fingerprint density at radius 1 is 1.10 bits per heavy atom. The van der Waals surface area contributed by atoms with E-state index in [0.717, 1.165) is 24.3 Å². The van der Waals surface area contributed by atoms with Crippen LogP contribution in [0.4, 0.5) is 10.1 Å². The van der Waals surface area contributed by atoms with Gasteiger partial charge >= 0.3 is 0 Å². The highest BCUT2D eigenvalue weighted by Gasteiger charge is 2.32. The fourth-order valence-electron chi connectivity index (χ4n) is 3.67. The number of halogens is 1. The first-order valence-electron chi connectivity index (χ1n) is 10.0. The quantitative estimate of drug-likeness (QED) is 0.746. The highest BCUT2D eigenvalue weighted by molar-refractivity contribution is 5.78. The molecule has 156 valence electrons. The van der Waals surface area contributed by atoms with Crippen LogP contribution in [0, 0.1) is 5.82 Å². The molecule has 0 saturated carbocycles. The summed E-state index contributed by atoms with van der Waals surface area (Å²) in [5.74, 6) is 0.475. The van der Waals surface area contributed by atoms with Crippen molar-refractivity contribution in [1.82, 2.24) is 9.80 Å². The summed E-state index contributed by atoms with van der Waals surface area (Å²) in [6.07, 6.45) is 0. The molecule has 2 atom stereocenters. The number of carbonyl (C=O) groups excluding carboxylic acids is 1. The maximum Gasteiger partial charge on any atom is 0.260 e. The highest BCUT2D eigenvalue weighted by atomic mass is 19.1. The number of amides is 1. The van der Waals surface area contributed by atoms with Gasteiger partial charge in [-0.2, -0.15) is 0 Å². The molecule has 0 radical (unpaired) electrons. The smallest absolute Gasteiger partial charge is 0.260 e. The van der Waals surface area contributed by atoms with Gasteiger partial charge in [-0.3, -0.25) is 9.69 Å². The van der Waals surface area contributed by atoms with Crippen LogP contribution < -0.4 is 9.64 Å². The maximum atomic E-state index is 13.1. The summed E-state index contributed by atoms with van der Waals surface area (Å²) < 4.78 is 18.9. The lowest BCUT2D eigenvalue weighted by molar-refractivity contribution is -0.139.